The zero-order chi connectivity index (χ0) is 13.8. The lowest BCUT2D eigenvalue weighted by Crippen LogP contribution is -2.22. The molecule has 0 aliphatic carbocycles. The predicted octanol–water partition coefficient (Wildman–Crippen LogP) is 1.67. The van der Waals surface area contributed by atoms with Gasteiger partial charge in [-0.2, -0.15) is 0 Å². The van der Waals surface area contributed by atoms with Gasteiger partial charge < -0.3 is 14.2 Å². The van der Waals surface area contributed by atoms with Crippen LogP contribution in [0.2, 0.25) is 0 Å². The molecule has 1 aromatic carbocycles. The van der Waals surface area contributed by atoms with Gasteiger partial charge in [0.05, 0.1) is 12.2 Å². The molecule has 1 aliphatic heterocycles. The van der Waals surface area contributed by atoms with Gasteiger partial charge >= 0.3 is 5.97 Å². The molecule has 6 heteroatoms. The number of hydrogen-bond acceptors (Lipinski definition) is 5. The van der Waals surface area contributed by atoms with E-state index in [1.807, 2.05) is 0 Å². The first kappa shape index (κ1) is 13.3. The van der Waals surface area contributed by atoms with E-state index < -0.39 is 18.4 Å². The molecule has 0 aromatic heterocycles. The van der Waals surface area contributed by atoms with Crippen molar-refractivity contribution in [3.05, 3.63) is 23.3 Å². The number of Topliss-reactive ketones (excluding diaryl/α,β-unsaturated/α-hetero) is 1. The van der Waals surface area contributed by atoms with Gasteiger partial charge in [0.15, 0.2) is 11.5 Å². The van der Waals surface area contributed by atoms with E-state index in [0.29, 0.717) is 6.61 Å². The summed E-state index contributed by atoms with van der Waals surface area (Å²) in [5.74, 6) is -1.41. The lowest BCUT2D eigenvalue weighted by molar-refractivity contribution is -0.137. The highest BCUT2D eigenvalue weighted by Gasteiger charge is 2.27. The maximum atomic E-state index is 12.8. The molecular weight excluding hydrogens is 255 g/mol. The first-order valence-corrected chi connectivity index (χ1v) is 5.87. The summed E-state index contributed by atoms with van der Waals surface area (Å²) in [6.45, 7) is 1.51. The van der Waals surface area contributed by atoms with Crippen molar-refractivity contribution in [2.75, 3.05) is 19.8 Å². The molecule has 0 bridgehead atoms. The Kier molecular flexibility index (Phi) is 3.99. The zero-order valence-electron chi connectivity index (χ0n) is 10.4. The van der Waals surface area contributed by atoms with Gasteiger partial charge in [-0.15, -0.1) is 0 Å². The molecule has 0 saturated heterocycles. The Morgan fingerprint density at radius 2 is 2.05 bits per heavy atom. The van der Waals surface area contributed by atoms with Gasteiger partial charge in [0, 0.05) is 0 Å². The van der Waals surface area contributed by atoms with E-state index in [0.717, 1.165) is 0 Å². The minimum Gasteiger partial charge on any atom is -0.486 e. The molecular formula is C13H13FO5. The van der Waals surface area contributed by atoms with E-state index in [1.54, 1.807) is 6.92 Å². The fraction of sp³-hybridized carbons (Fsp3) is 0.385. The standard InChI is InChI=1S/C13H13FO5/c1-2-17-13(16)11(15)9-5-8(7-14)6-10-12(9)19-4-3-18-10/h5-6H,2-4,7H2,1H3. The van der Waals surface area contributed by atoms with Gasteiger partial charge in [-0.25, -0.2) is 9.18 Å². The van der Waals surface area contributed by atoms with E-state index in [4.69, 9.17) is 9.47 Å². The van der Waals surface area contributed by atoms with Crippen molar-refractivity contribution in [3.8, 4) is 11.5 Å². The predicted molar refractivity (Wildman–Crippen MR) is 63.2 cm³/mol. The number of rotatable bonds is 4. The molecule has 0 atom stereocenters. The molecule has 0 amide bonds. The van der Waals surface area contributed by atoms with Gasteiger partial charge in [-0.3, -0.25) is 4.79 Å². The van der Waals surface area contributed by atoms with E-state index >= 15 is 0 Å². The van der Waals surface area contributed by atoms with Crippen LogP contribution in [0.25, 0.3) is 0 Å². The Morgan fingerprint density at radius 1 is 1.32 bits per heavy atom. The number of fused-ring (bicyclic) bond motifs is 1. The molecule has 0 saturated carbocycles. The minimum atomic E-state index is -0.991. The van der Waals surface area contributed by atoms with Crippen molar-refractivity contribution < 1.29 is 28.2 Å². The van der Waals surface area contributed by atoms with Crippen LogP contribution in [-0.4, -0.2) is 31.6 Å². The molecule has 102 valence electrons. The number of halogens is 1. The smallest absolute Gasteiger partial charge is 0.379 e. The van der Waals surface area contributed by atoms with Gasteiger partial charge in [0.25, 0.3) is 5.78 Å². The fourth-order valence-electron chi connectivity index (χ4n) is 1.76. The average molecular weight is 268 g/mol. The summed E-state index contributed by atoms with van der Waals surface area (Å²) in [5.41, 5.74) is 0.222. The maximum absolute atomic E-state index is 12.8. The number of benzene rings is 1. The molecule has 0 fully saturated rings. The van der Waals surface area contributed by atoms with Crippen LogP contribution in [0.3, 0.4) is 0 Å². The number of esters is 1. The summed E-state index contributed by atoms with van der Waals surface area (Å²) < 4.78 is 28.0. The normalized spacial score (nSPS) is 12.9. The molecule has 0 radical (unpaired) electrons. The second kappa shape index (κ2) is 5.69. The Morgan fingerprint density at radius 3 is 2.74 bits per heavy atom. The SMILES string of the molecule is CCOC(=O)C(=O)c1cc(CF)cc2c1OCCO2. The summed E-state index contributed by atoms with van der Waals surface area (Å²) in [5, 5.41) is 0. The summed E-state index contributed by atoms with van der Waals surface area (Å²) in [4.78, 5) is 23.4. The van der Waals surface area contributed by atoms with Gasteiger partial charge in [0.2, 0.25) is 0 Å². The molecule has 0 unspecified atom stereocenters. The Balaban J connectivity index is 2.43. The van der Waals surface area contributed by atoms with E-state index in [1.165, 1.54) is 12.1 Å². The first-order valence-electron chi connectivity index (χ1n) is 5.87. The van der Waals surface area contributed by atoms with Gasteiger partial charge in [0.1, 0.15) is 19.9 Å². The Labute approximate surface area is 109 Å². The van der Waals surface area contributed by atoms with E-state index in [2.05, 4.69) is 4.74 Å². The highest BCUT2D eigenvalue weighted by molar-refractivity contribution is 6.41. The number of ketones is 1. The molecule has 19 heavy (non-hydrogen) atoms. The first-order chi connectivity index (χ1) is 9.17. The van der Waals surface area contributed by atoms with Crippen LogP contribution in [0, 0.1) is 0 Å². The summed E-state index contributed by atoms with van der Waals surface area (Å²) in [6, 6.07) is 2.74. The molecule has 0 spiro atoms. The summed E-state index contributed by atoms with van der Waals surface area (Å²) in [6.07, 6.45) is 0. The van der Waals surface area contributed by atoms with Crippen molar-refractivity contribution in [3.63, 3.8) is 0 Å². The topological polar surface area (TPSA) is 61.8 Å². The van der Waals surface area contributed by atoms with Crippen molar-refractivity contribution in [2.45, 2.75) is 13.6 Å². The fourth-order valence-corrected chi connectivity index (χ4v) is 1.76. The van der Waals surface area contributed by atoms with Crippen LogP contribution >= 0.6 is 0 Å². The second-order valence-corrected chi connectivity index (χ2v) is 3.85. The van der Waals surface area contributed by atoms with Crippen LogP contribution in [-0.2, 0) is 16.2 Å². The lowest BCUT2D eigenvalue weighted by atomic mass is 10.0. The largest absolute Gasteiger partial charge is 0.486 e. The second-order valence-electron chi connectivity index (χ2n) is 3.85. The third-order valence-corrected chi connectivity index (χ3v) is 2.56. The van der Waals surface area contributed by atoms with Crippen LogP contribution < -0.4 is 9.47 Å². The van der Waals surface area contributed by atoms with Gasteiger partial charge in [-0.05, 0) is 24.6 Å². The number of ether oxygens (including phenoxy) is 3. The lowest BCUT2D eigenvalue weighted by Gasteiger charge is -2.21. The van der Waals surface area contributed by atoms with Crippen LogP contribution in [0.5, 0.6) is 11.5 Å². The van der Waals surface area contributed by atoms with Crippen molar-refractivity contribution in [1.82, 2.24) is 0 Å². The van der Waals surface area contributed by atoms with Crippen LogP contribution in [0.15, 0.2) is 12.1 Å². The van der Waals surface area contributed by atoms with Gasteiger partial charge in [-0.1, -0.05) is 0 Å². The zero-order valence-corrected chi connectivity index (χ0v) is 10.4. The van der Waals surface area contributed by atoms with Crippen LogP contribution in [0.4, 0.5) is 4.39 Å². The average Bonchev–Trinajstić information content (AvgIpc) is 2.45. The molecule has 1 aromatic rings. The molecule has 5 nitrogen and oxygen atoms in total. The Hall–Kier alpha value is -2.11. The summed E-state index contributed by atoms with van der Waals surface area (Å²) in [7, 11) is 0. The molecule has 0 N–H and O–H groups in total. The highest BCUT2D eigenvalue weighted by atomic mass is 19.1. The molecule has 1 aliphatic rings. The molecule has 2 rings (SSSR count). The van der Waals surface area contributed by atoms with E-state index in [-0.39, 0.29) is 35.8 Å². The minimum absolute atomic E-state index is 0.0247. The third kappa shape index (κ3) is 2.67. The van der Waals surface area contributed by atoms with Crippen molar-refractivity contribution in [1.29, 1.82) is 0 Å². The monoisotopic (exact) mass is 268 g/mol. The third-order valence-electron chi connectivity index (χ3n) is 2.56. The van der Waals surface area contributed by atoms with E-state index in [9.17, 15) is 14.0 Å². The molecule has 1 heterocycles. The number of carbonyl (C=O) groups excluding carboxylic acids is 2. The number of hydrogen-bond donors (Lipinski definition) is 0. The number of carbonyl (C=O) groups is 2. The number of alkyl halides is 1. The van der Waals surface area contributed by atoms with Crippen molar-refractivity contribution in [2.24, 2.45) is 0 Å². The maximum Gasteiger partial charge on any atom is 0.379 e. The van der Waals surface area contributed by atoms with Crippen molar-refractivity contribution >= 4 is 11.8 Å². The summed E-state index contributed by atoms with van der Waals surface area (Å²) >= 11 is 0. The highest BCUT2D eigenvalue weighted by Crippen LogP contribution is 2.36. The van der Waals surface area contributed by atoms with Crippen LogP contribution in [0.1, 0.15) is 22.8 Å². The Bertz CT molecular complexity index is 512. The quantitative estimate of drug-likeness (QED) is 0.472.